The number of hydrogen-bond acceptors (Lipinski definition) is 4. The highest BCUT2D eigenvalue weighted by Gasteiger charge is 2.33. The van der Waals surface area contributed by atoms with Gasteiger partial charge in [-0.3, -0.25) is 9.69 Å². The Bertz CT molecular complexity index is 577. The van der Waals surface area contributed by atoms with Crippen LogP contribution < -0.4 is 5.32 Å². The van der Waals surface area contributed by atoms with E-state index in [4.69, 9.17) is 10.00 Å². The molecule has 0 unspecified atom stereocenters. The van der Waals surface area contributed by atoms with Crippen molar-refractivity contribution in [1.82, 2.24) is 4.90 Å². The van der Waals surface area contributed by atoms with E-state index < -0.39 is 0 Å². The zero-order valence-electron chi connectivity index (χ0n) is 13.3. The fraction of sp³-hybridized carbons (Fsp3) is 0.556. The quantitative estimate of drug-likeness (QED) is 0.927. The number of benzene rings is 1. The molecule has 1 aromatic carbocycles. The summed E-state index contributed by atoms with van der Waals surface area (Å²) in [4.78, 5) is 14.6. The average Bonchev–Trinajstić information content (AvgIpc) is 2.60. The van der Waals surface area contributed by atoms with Crippen LogP contribution in [0.15, 0.2) is 24.3 Å². The van der Waals surface area contributed by atoms with E-state index in [0.29, 0.717) is 24.1 Å². The normalized spacial score (nSPS) is 24.5. The summed E-state index contributed by atoms with van der Waals surface area (Å²) in [6, 6.07) is 9.51. The molecule has 0 aromatic heterocycles. The molecule has 1 heterocycles. The lowest BCUT2D eigenvalue weighted by Crippen LogP contribution is -2.53. The standard InChI is InChI=1S/C18H23N3O2/c19-13-14-5-7-15(8-6-14)20-18(22)9-10-21-11-12-23-17-4-2-1-3-16(17)21/h5-8,16-17H,1-4,9-12H2,(H,20,22)/t16-,17+/m0/s1. The predicted octanol–water partition coefficient (Wildman–Crippen LogP) is 2.53. The molecule has 23 heavy (non-hydrogen) atoms. The van der Waals surface area contributed by atoms with Gasteiger partial charge in [0.15, 0.2) is 0 Å². The first-order chi connectivity index (χ1) is 11.3. The summed E-state index contributed by atoms with van der Waals surface area (Å²) in [5.74, 6) is 0.0218. The zero-order valence-corrected chi connectivity index (χ0v) is 13.3. The number of hydrogen-bond donors (Lipinski definition) is 1. The lowest BCUT2D eigenvalue weighted by molar-refractivity contribution is -0.118. The molecule has 1 aliphatic carbocycles. The van der Waals surface area contributed by atoms with Crippen molar-refractivity contribution in [2.75, 3.05) is 25.0 Å². The molecule has 1 N–H and O–H groups in total. The number of nitrogens with zero attached hydrogens (tertiary/aromatic N) is 2. The summed E-state index contributed by atoms with van der Waals surface area (Å²) >= 11 is 0. The van der Waals surface area contributed by atoms with E-state index in [1.54, 1.807) is 24.3 Å². The van der Waals surface area contributed by atoms with Gasteiger partial charge in [-0.1, -0.05) is 12.8 Å². The van der Waals surface area contributed by atoms with Crippen molar-refractivity contribution in [3.05, 3.63) is 29.8 Å². The second-order valence-electron chi connectivity index (χ2n) is 6.28. The number of ether oxygens (including phenoxy) is 1. The minimum Gasteiger partial charge on any atom is -0.375 e. The second kappa shape index (κ2) is 7.58. The fourth-order valence-corrected chi connectivity index (χ4v) is 3.55. The van der Waals surface area contributed by atoms with Gasteiger partial charge in [-0.15, -0.1) is 0 Å². The first-order valence-corrected chi connectivity index (χ1v) is 8.42. The number of rotatable bonds is 4. The maximum atomic E-state index is 12.1. The summed E-state index contributed by atoms with van der Waals surface area (Å²) in [5, 5.41) is 11.7. The van der Waals surface area contributed by atoms with Gasteiger partial charge in [0.1, 0.15) is 0 Å². The van der Waals surface area contributed by atoms with Crippen LogP contribution in [0, 0.1) is 11.3 Å². The van der Waals surface area contributed by atoms with Gasteiger partial charge in [0.25, 0.3) is 0 Å². The highest BCUT2D eigenvalue weighted by molar-refractivity contribution is 5.90. The van der Waals surface area contributed by atoms with E-state index >= 15 is 0 Å². The SMILES string of the molecule is N#Cc1ccc(NC(=O)CCN2CCO[C@@H]3CCCC[C@@H]32)cc1. The van der Waals surface area contributed by atoms with Crippen molar-refractivity contribution in [1.29, 1.82) is 5.26 Å². The molecule has 122 valence electrons. The van der Waals surface area contributed by atoms with Crippen LogP contribution >= 0.6 is 0 Å². The Hall–Kier alpha value is -1.90. The Kier molecular flexibility index (Phi) is 5.27. The third-order valence-corrected chi connectivity index (χ3v) is 4.77. The van der Waals surface area contributed by atoms with E-state index in [1.807, 2.05) is 0 Å². The van der Waals surface area contributed by atoms with E-state index in [9.17, 15) is 4.79 Å². The molecule has 2 atom stereocenters. The van der Waals surface area contributed by atoms with Crippen LogP contribution in [0.25, 0.3) is 0 Å². The van der Waals surface area contributed by atoms with Crippen molar-refractivity contribution in [2.45, 2.75) is 44.2 Å². The molecule has 3 rings (SSSR count). The van der Waals surface area contributed by atoms with Crippen LogP contribution in [0.3, 0.4) is 0 Å². The topological polar surface area (TPSA) is 65.4 Å². The van der Waals surface area contributed by atoms with Crippen molar-refractivity contribution >= 4 is 11.6 Å². The van der Waals surface area contributed by atoms with Crippen molar-refractivity contribution < 1.29 is 9.53 Å². The molecule has 0 radical (unpaired) electrons. The van der Waals surface area contributed by atoms with E-state index in [-0.39, 0.29) is 5.91 Å². The van der Waals surface area contributed by atoms with Crippen molar-refractivity contribution in [3.8, 4) is 6.07 Å². The number of nitriles is 1. The molecule has 1 aliphatic heterocycles. The maximum Gasteiger partial charge on any atom is 0.225 e. The minimum atomic E-state index is 0.0218. The smallest absolute Gasteiger partial charge is 0.225 e. The van der Waals surface area contributed by atoms with E-state index in [1.165, 1.54) is 19.3 Å². The van der Waals surface area contributed by atoms with Gasteiger partial charge in [-0.25, -0.2) is 0 Å². The average molecular weight is 313 g/mol. The summed E-state index contributed by atoms with van der Waals surface area (Å²) in [6.45, 7) is 2.48. The molecular weight excluding hydrogens is 290 g/mol. The van der Waals surface area contributed by atoms with Crippen LogP contribution in [-0.4, -0.2) is 42.6 Å². The first kappa shape index (κ1) is 16.0. The molecular formula is C18H23N3O2. The molecule has 2 aliphatic rings. The Morgan fingerprint density at radius 1 is 1.30 bits per heavy atom. The molecule has 1 saturated heterocycles. The van der Waals surface area contributed by atoms with Crippen LogP contribution in [0.5, 0.6) is 0 Å². The Morgan fingerprint density at radius 3 is 2.87 bits per heavy atom. The minimum absolute atomic E-state index is 0.0218. The van der Waals surface area contributed by atoms with Gasteiger partial charge < -0.3 is 10.1 Å². The van der Waals surface area contributed by atoms with Gasteiger partial charge in [0.05, 0.1) is 24.3 Å². The summed E-state index contributed by atoms with van der Waals surface area (Å²) in [5.41, 5.74) is 1.34. The molecule has 1 amide bonds. The molecule has 1 aromatic rings. The highest BCUT2D eigenvalue weighted by atomic mass is 16.5. The number of nitrogens with one attached hydrogen (secondary N) is 1. The lowest BCUT2D eigenvalue weighted by atomic mass is 9.90. The molecule has 2 fully saturated rings. The number of carbonyl (C=O) groups excluding carboxylic acids is 1. The third-order valence-electron chi connectivity index (χ3n) is 4.77. The number of fused-ring (bicyclic) bond motifs is 1. The fourth-order valence-electron chi connectivity index (χ4n) is 3.55. The third kappa shape index (κ3) is 4.10. The molecule has 0 bridgehead atoms. The Labute approximate surface area is 137 Å². The maximum absolute atomic E-state index is 12.1. The number of anilines is 1. The molecule has 0 spiro atoms. The number of carbonyl (C=O) groups is 1. The van der Waals surface area contributed by atoms with Gasteiger partial charge >= 0.3 is 0 Å². The Balaban J connectivity index is 1.49. The summed E-state index contributed by atoms with van der Waals surface area (Å²) in [7, 11) is 0. The van der Waals surface area contributed by atoms with Gasteiger partial charge in [-0.2, -0.15) is 5.26 Å². The second-order valence-corrected chi connectivity index (χ2v) is 6.28. The molecule has 5 nitrogen and oxygen atoms in total. The van der Waals surface area contributed by atoms with Crippen LogP contribution in [0.2, 0.25) is 0 Å². The van der Waals surface area contributed by atoms with Crippen molar-refractivity contribution in [3.63, 3.8) is 0 Å². The monoisotopic (exact) mass is 313 g/mol. The van der Waals surface area contributed by atoms with Crippen LogP contribution in [0.1, 0.15) is 37.7 Å². The van der Waals surface area contributed by atoms with Crippen LogP contribution in [0.4, 0.5) is 5.69 Å². The Morgan fingerprint density at radius 2 is 2.09 bits per heavy atom. The number of morpholine rings is 1. The van der Waals surface area contributed by atoms with E-state index in [2.05, 4.69) is 16.3 Å². The van der Waals surface area contributed by atoms with E-state index in [0.717, 1.165) is 31.8 Å². The predicted molar refractivity (Wildman–Crippen MR) is 88.0 cm³/mol. The highest BCUT2D eigenvalue weighted by Crippen LogP contribution is 2.28. The van der Waals surface area contributed by atoms with Crippen molar-refractivity contribution in [2.24, 2.45) is 0 Å². The van der Waals surface area contributed by atoms with Gasteiger partial charge in [0.2, 0.25) is 5.91 Å². The van der Waals surface area contributed by atoms with Gasteiger partial charge in [0, 0.05) is 31.2 Å². The summed E-state index contributed by atoms with van der Waals surface area (Å²) < 4.78 is 5.87. The molecule has 1 saturated carbocycles. The molecule has 5 heteroatoms. The number of amides is 1. The first-order valence-electron chi connectivity index (χ1n) is 8.42. The van der Waals surface area contributed by atoms with Crippen LogP contribution in [-0.2, 0) is 9.53 Å². The zero-order chi connectivity index (χ0) is 16.1. The largest absolute Gasteiger partial charge is 0.375 e. The summed E-state index contributed by atoms with van der Waals surface area (Å²) in [6.07, 6.45) is 5.70. The van der Waals surface area contributed by atoms with Gasteiger partial charge in [-0.05, 0) is 37.1 Å². The lowest BCUT2D eigenvalue weighted by Gasteiger charge is -2.43.